The minimum atomic E-state index is -0.437. The number of carbonyl (C=O) groups excluding carboxylic acids is 1. The lowest BCUT2D eigenvalue weighted by Gasteiger charge is -2.21. The standard InChI is InChI=1S/C19H14ClN3O2S/c1-10-3-4-12(7-15(10)20)16-6-5-13(25-16)8-14-17(21)23-9-11(2)26-19(23)22-18(14)24/h3-9,21H,1-2H3. The molecule has 0 atom stereocenters. The number of aliphatic imine (C=N–C) groups is 1. The number of allylic oxidation sites excluding steroid dienone is 1. The van der Waals surface area contributed by atoms with Crippen molar-refractivity contribution in [3.63, 3.8) is 0 Å². The van der Waals surface area contributed by atoms with Crippen molar-refractivity contribution in [1.82, 2.24) is 4.90 Å². The number of furan rings is 1. The number of nitrogens with zero attached hydrogens (tertiary/aromatic N) is 2. The van der Waals surface area contributed by atoms with E-state index >= 15 is 0 Å². The molecule has 2 aromatic rings. The van der Waals surface area contributed by atoms with Gasteiger partial charge in [0.25, 0.3) is 5.91 Å². The topological polar surface area (TPSA) is 69.7 Å². The van der Waals surface area contributed by atoms with E-state index in [1.54, 1.807) is 23.2 Å². The molecule has 0 aliphatic carbocycles. The SMILES string of the molecule is CC1=CN2C(=N)C(=Cc3ccc(-c4ccc(C)c(Cl)c4)o3)C(=O)N=C2S1. The van der Waals surface area contributed by atoms with Gasteiger partial charge in [0, 0.05) is 21.7 Å². The average molecular weight is 384 g/mol. The number of benzene rings is 1. The minimum absolute atomic E-state index is 0.0979. The lowest BCUT2D eigenvalue weighted by molar-refractivity contribution is -0.114. The van der Waals surface area contributed by atoms with Crippen molar-refractivity contribution in [2.75, 3.05) is 0 Å². The molecule has 2 aliphatic heterocycles. The first kappa shape index (κ1) is 16.9. The molecule has 0 saturated heterocycles. The van der Waals surface area contributed by atoms with E-state index in [0.717, 1.165) is 16.0 Å². The summed E-state index contributed by atoms with van der Waals surface area (Å²) in [6.07, 6.45) is 3.35. The van der Waals surface area contributed by atoms with Gasteiger partial charge in [-0.15, -0.1) is 0 Å². The number of thioether (sulfide) groups is 1. The first-order valence-electron chi connectivity index (χ1n) is 7.88. The maximum Gasteiger partial charge on any atom is 0.283 e. The van der Waals surface area contributed by atoms with E-state index < -0.39 is 5.91 Å². The molecule has 5 nitrogen and oxygen atoms in total. The first-order chi connectivity index (χ1) is 12.4. The number of nitrogens with one attached hydrogen (secondary N) is 1. The van der Waals surface area contributed by atoms with Crippen LogP contribution in [0.4, 0.5) is 0 Å². The monoisotopic (exact) mass is 383 g/mol. The van der Waals surface area contributed by atoms with Gasteiger partial charge in [0.2, 0.25) is 0 Å². The van der Waals surface area contributed by atoms with Crippen molar-refractivity contribution in [2.45, 2.75) is 13.8 Å². The molecule has 0 spiro atoms. The van der Waals surface area contributed by atoms with Gasteiger partial charge >= 0.3 is 0 Å². The number of fused-ring (bicyclic) bond motifs is 1. The highest BCUT2D eigenvalue weighted by atomic mass is 35.5. The van der Waals surface area contributed by atoms with Gasteiger partial charge in [-0.3, -0.25) is 15.1 Å². The summed E-state index contributed by atoms with van der Waals surface area (Å²) in [6, 6.07) is 9.27. The maximum atomic E-state index is 12.3. The van der Waals surface area contributed by atoms with Crippen LogP contribution in [-0.4, -0.2) is 21.8 Å². The normalized spacial score (nSPS) is 18.3. The van der Waals surface area contributed by atoms with Crippen molar-refractivity contribution in [3.8, 4) is 11.3 Å². The van der Waals surface area contributed by atoms with E-state index in [4.69, 9.17) is 21.4 Å². The number of amides is 1. The fraction of sp³-hybridized carbons (Fsp3) is 0.105. The molecule has 1 aromatic heterocycles. The molecular formula is C19H14ClN3O2S. The van der Waals surface area contributed by atoms with Crippen LogP contribution in [-0.2, 0) is 4.79 Å². The van der Waals surface area contributed by atoms with Crippen LogP contribution >= 0.6 is 23.4 Å². The Morgan fingerprint density at radius 3 is 2.85 bits per heavy atom. The Hall–Kier alpha value is -2.57. The Morgan fingerprint density at radius 2 is 2.08 bits per heavy atom. The number of rotatable bonds is 2. The quantitative estimate of drug-likeness (QED) is 0.734. The molecule has 26 heavy (non-hydrogen) atoms. The lowest BCUT2D eigenvalue weighted by atomic mass is 10.1. The van der Waals surface area contributed by atoms with E-state index in [0.29, 0.717) is 21.7 Å². The van der Waals surface area contributed by atoms with E-state index in [1.807, 2.05) is 38.1 Å². The van der Waals surface area contributed by atoms with Crippen LogP contribution in [0, 0.1) is 12.3 Å². The summed E-state index contributed by atoms with van der Waals surface area (Å²) in [6.45, 7) is 3.85. The zero-order valence-corrected chi connectivity index (χ0v) is 15.6. The number of amidine groups is 2. The summed E-state index contributed by atoms with van der Waals surface area (Å²) in [5.74, 6) is 0.787. The lowest BCUT2D eigenvalue weighted by Crippen LogP contribution is -2.35. The van der Waals surface area contributed by atoms with Gasteiger partial charge in [0.05, 0.1) is 5.57 Å². The Labute approximate surface area is 159 Å². The van der Waals surface area contributed by atoms with Crippen molar-refractivity contribution < 1.29 is 9.21 Å². The fourth-order valence-electron chi connectivity index (χ4n) is 2.68. The third-order valence-electron chi connectivity index (χ3n) is 4.06. The van der Waals surface area contributed by atoms with Crippen LogP contribution in [0.25, 0.3) is 17.4 Å². The Morgan fingerprint density at radius 1 is 1.27 bits per heavy atom. The van der Waals surface area contributed by atoms with Crippen LogP contribution in [0.1, 0.15) is 18.2 Å². The highest BCUT2D eigenvalue weighted by molar-refractivity contribution is 8.17. The van der Waals surface area contributed by atoms with Crippen molar-refractivity contribution in [1.29, 1.82) is 5.41 Å². The molecule has 1 amide bonds. The van der Waals surface area contributed by atoms with Crippen LogP contribution < -0.4 is 0 Å². The minimum Gasteiger partial charge on any atom is -0.457 e. The molecule has 0 bridgehead atoms. The number of hydrogen-bond donors (Lipinski definition) is 1. The van der Waals surface area contributed by atoms with Gasteiger partial charge in [0.1, 0.15) is 17.4 Å². The molecule has 130 valence electrons. The third kappa shape index (κ3) is 2.91. The van der Waals surface area contributed by atoms with Crippen LogP contribution in [0.2, 0.25) is 5.02 Å². The summed E-state index contributed by atoms with van der Waals surface area (Å²) in [5.41, 5.74) is 2.04. The fourth-order valence-corrected chi connectivity index (χ4v) is 3.67. The summed E-state index contributed by atoms with van der Waals surface area (Å²) in [4.78, 5) is 18.9. The van der Waals surface area contributed by atoms with Gasteiger partial charge in [0.15, 0.2) is 5.17 Å². The molecule has 2 aliphatic rings. The molecule has 4 rings (SSSR count). The van der Waals surface area contributed by atoms with E-state index in [-0.39, 0.29) is 11.4 Å². The molecule has 0 fully saturated rings. The van der Waals surface area contributed by atoms with E-state index in [2.05, 4.69) is 4.99 Å². The second-order valence-corrected chi connectivity index (χ2v) is 7.60. The van der Waals surface area contributed by atoms with E-state index in [9.17, 15) is 4.79 Å². The third-order valence-corrected chi connectivity index (χ3v) is 5.37. The zero-order chi connectivity index (χ0) is 18.4. The predicted molar refractivity (Wildman–Crippen MR) is 105 cm³/mol. The van der Waals surface area contributed by atoms with Gasteiger partial charge in [-0.05, 0) is 43.7 Å². The van der Waals surface area contributed by atoms with Crippen molar-refractivity contribution >= 4 is 46.3 Å². The predicted octanol–water partition coefficient (Wildman–Crippen LogP) is 5.08. The molecular weight excluding hydrogens is 370 g/mol. The van der Waals surface area contributed by atoms with Gasteiger partial charge < -0.3 is 4.42 Å². The Bertz CT molecular complexity index is 1050. The van der Waals surface area contributed by atoms with Crippen LogP contribution in [0.3, 0.4) is 0 Å². The average Bonchev–Trinajstić information content (AvgIpc) is 3.20. The molecule has 1 aromatic carbocycles. The van der Waals surface area contributed by atoms with Gasteiger partial charge in [-0.2, -0.15) is 4.99 Å². The smallest absolute Gasteiger partial charge is 0.283 e. The maximum absolute atomic E-state index is 12.3. The van der Waals surface area contributed by atoms with Crippen LogP contribution in [0.5, 0.6) is 0 Å². The Balaban J connectivity index is 1.67. The first-order valence-corrected chi connectivity index (χ1v) is 9.07. The zero-order valence-electron chi connectivity index (χ0n) is 14.0. The highest BCUT2D eigenvalue weighted by Gasteiger charge is 2.33. The molecule has 0 saturated carbocycles. The molecule has 0 radical (unpaired) electrons. The highest BCUT2D eigenvalue weighted by Crippen LogP contribution is 2.33. The number of hydrogen-bond acceptors (Lipinski definition) is 4. The summed E-state index contributed by atoms with van der Waals surface area (Å²) < 4.78 is 5.82. The van der Waals surface area contributed by atoms with Crippen molar-refractivity contribution in [3.05, 3.63) is 63.4 Å². The number of aryl methyl sites for hydroxylation is 1. The number of carbonyl (C=O) groups is 1. The second kappa shape index (κ2) is 6.30. The van der Waals surface area contributed by atoms with E-state index in [1.165, 1.54) is 11.8 Å². The second-order valence-electron chi connectivity index (χ2n) is 5.98. The molecule has 3 heterocycles. The molecule has 0 unspecified atom stereocenters. The Kier molecular flexibility index (Phi) is 4.09. The molecule has 1 N–H and O–H groups in total. The summed E-state index contributed by atoms with van der Waals surface area (Å²) >= 11 is 7.56. The van der Waals surface area contributed by atoms with Gasteiger partial charge in [-0.1, -0.05) is 35.5 Å². The van der Waals surface area contributed by atoms with Crippen LogP contribution in [0.15, 0.2) is 56.4 Å². The summed E-state index contributed by atoms with van der Waals surface area (Å²) in [5, 5.41) is 9.49. The molecule has 7 heteroatoms. The van der Waals surface area contributed by atoms with Crippen molar-refractivity contribution in [2.24, 2.45) is 4.99 Å². The van der Waals surface area contributed by atoms with Gasteiger partial charge in [-0.25, -0.2) is 0 Å². The summed E-state index contributed by atoms with van der Waals surface area (Å²) in [7, 11) is 0. The largest absolute Gasteiger partial charge is 0.457 e. The number of halogens is 1.